The van der Waals surface area contributed by atoms with Crippen molar-refractivity contribution in [2.45, 2.75) is 44.9 Å². The fourth-order valence-electron chi connectivity index (χ4n) is 4.72. The van der Waals surface area contributed by atoms with E-state index in [9.17, 15) is 4.79 Å². The number of methoxy groups -OCH3 is 1. The lowest BCUT2D eigenvalue weighted by molar-refractivity contribution is -0.140. The van der Waals surface area contributed by atoms with E-state index >= 15 is 0 Å². The Bertz CT molecular complexity index is 1290. The first-order valence-corrected chi connectivity index (χ1v) is 12.1. The lowest BCUT2D eigenvalue weighted by Crippen LogP contribution is -2.02. The van der Waals surface area contributed by atoms with Crippen molar-refractivity contribution < 1.29 is 14.3 Å². The molecule has 1 aromatic heterocycles. The van der Waals surface area contributed by atoms with Crippen LogP contribution >= 0.6 is 0 Å². The normalized spacial score (nSPS) is 12.6. The lowest BCUT2D eigenvalue weighted by atomic mass is 10.1. The number of imidazole rings is 1. The van der Waals surface area contributed by atoms with E-state index in [1.54, 1.807) is 0 Å². The lowest BCUT2D eigenvalue weighted by Gasteiger charge is -2.12. The van der Waals surface area contributed by atoms with Gasteiger partial charge in [0.15, 0.2) is 0 Å². The highest BCUT2D eigenvalue weighted by molar-refractivity contribution is 5.84. The van der Waals surface area contributed by atoms with Gasteiger partial charge in [-0.15, -0.1) is 0 Å². The molecule has 0 atom stereocenters. The van der Waals surface area contributed by atoms with Crippen LogP contribution in [-0.4, -0.2) is 29.2 Å². The molecule has 1 aliphatic carbocycles. The first-order valence-electron chi connectivity index (χ1n) is 12.1. The summed E-state index contributed by atoms with van der Waals surface area (Å²) in [6, 6.07) is 23.3. The van der Waals surface area contributed by atoms with Crippen LogP contribution in [0.25, 0.3) is 28.1 Å². The highest BCUT2D eigenvalue weighted by Crippen LogP contribution is 2.33. The molecule has 5 nitrogen and oxygen atoms in total. The number of fused-ring (bicyclic) bond motifs is 2. The third-order valence-electron chi connectivity index (χ3n) is 6.52. The molecule has 5 heteroatoms. The van der Waals surface area contributed by atoms with Crippen molar-refractivity contribution in [2.75, 3.05) is 13.7 Å². The van der Waals surface area contributed by atoms with Crippen LogP contribution in [0.15, 0.2) is 66.7 Å². The summed E-state index contributed by atoms with van der Waals surface area (Å²) < 4.78 is 13.0. The van der Waals surface area contributed by atoms with Gasteiger partial charge in [-0.05, 0) is 73.9 Å². The number of hydrogen-bond acceptors (Lipinski definition) is 4. The van der Waals surface area contributed by atoms with E-state index in [2.05, 4.69) is 53.1 Å². The summed E-state index contributed by atoms with van der Waals surface area (Å²) in [4.78, 5) is 16.2. The van der Waals surface area contributed by atoms with Crippen molar-refractivity contribution in [3.63, 3.8) is 0 Å². The third-order valence-corrected chi connectivity index (χ3v) is 6.52. The van der Waals surface area contributed by atoms with Crippen LogP contribution in [0.5, 0.6) is 5.75 Å². The Labute approximate surface area is 200 Å². The first-order chi connectivity index (χ1) is 16.7. The summed E-state index contributed by atoms with van der Waals surface area (Å²) in [6.45, 7) is 0.616. The molecule has 0 amide bonds. The van der Waals surface area contributed by atoms with Crippen LogP contribution in [0, 0.1) is 0 Å². The number of benzene rings is 3. The summed E-state index contributed by atoms with van der Waals surface area (Å²) in [7, 11) is 1.43. The van der Waals surface area contributed by atoms with Gasteiger partial charge in [0.2, 0.25) is 0 Å². The van der Waals surface area contributed by atoms with Gasteiger partial charge in [-0.1, -0.05) is 36.4 Å². The van der Waals surface area contributed by atoms with Gasteiger partial charge in [-0.2, -0.15) is 0 Å². The molecule has 0 saturated carbocycles. The summed E-state index contributed by atoms with van der Waals surface area (Å²) in [5.74, 6) is 1.62. The molecule has 5 rings (SSSR count). The minimum absolute atomic E-state index is 0.152. The molecule has 34 heavy (non-hydrogen) atoms. The number of carbonyl (C=O) groups excluding carboxylic acids is 1. The summed E-state index contributed by atoms with van der Waals surface area (Å²) in [5.41, 5.74) is 7.13. The van der Waals surface area contributed by atoms with E-state index in [1.807, 2.05) is 18.2 Å². The van der Waals surface area contributed by atoms with Gasteiger partial charge in [0.05, 0.1) is 24.8 Å². The standard InChI is InChI=1S/C29H30N2O3/c1-33-28(32)13-6-3-7-18-34-25-16-17-26-27(20-25)31(29(30-26)22-9-4-2-5-10-22)24-15-14-21-11-8-12-23(21)19-24/h2,4-5,9-10,14-17,19-20H,3,6-8,11-13,18H2,1H3. The van der Waals surface area contributed by atoms with Gasteiger partial charge in [-0.25, -0.2) is 4.98 Å². The number of esters is 1. The number of unbranched alkanes of at least 4 members (excludes halogenated alkanes) is 2. The van der Waals surface area contributed by atoms with Crippen LogP contribution in [0.4, 0.5) is 0 Å². The van der Waals surface area contributed by atoms with Crippen molar-refractivity contribution in [2.24, 2.45) is 0 Å². The van der Waals surface area contributed by atoms with E-state index in [1.165, 1.54) is 31.1 Å². The zero-order valence-corrected chi connectivity index (χ0v) is 19.6. The number of rotatable bonds is 9. The Morgan fingerprint density at radius 1 is 0.941 bits per heavy atom. The van der Waals surface area contributed by atoms with Crippen LogP contribution in [0.2, 0.25) is 0 Å². The topological polar surface area (TPSA) is 53.4 Å². The first kappa shape index (κ1) is 22.2. The fourth-order valence-corrected chi connectivity index (χ4v) is 4.72. The second-order valence-corrected chi connectivity index (χ2v) is 8.83. The number of ether oxygens (including phenoxy) is 2. The maximum atomic E-state index is 11.2. The molecular formula is C29H30N2O3. The molecule has 0 N–H and O–H groups in total. The Kier molecular flexibility index (Phi) is 6.61. The zero-order chi connectivity index (χ0) is 23.3. The maximum absolute atomic E-state index is 11.2. The van der Waals surface area contributed by atoms with E-state index in [-0.39, 0.29) is 5.97 Å². The molecule has 0 radical (unpaired) electrons. The predicted molar refractivity (Wildman–Crippen MR) is 135 cm³/mol. The van der Waals surface area contributed by atoms with E-state index in [0.29, 0.717) is 13.0 Å². The minimum atomic E-state index is -0.152. The van der Waals surface area contributed by atoms with Crippen molar-refractivity contribution in [3.8, 4) is 22.8 Å². The van der Waals surface area contributed by atoms with Crippen LogP contribution in [-0.2, 0) is 22.4 Å². The number of aryl methyl sites for hydroxylation is 2. The maximum Gasteiger partial charge on any atom is 0.305 e. The van der Waals surface area contributed by atoms with Crippen LogP contribution < -0.4 is 4.74 Å². The quantitative estimate of drug-likeness (QED) is 0.220. The van der Waals surface area contributed by atoms with Gasteiger partial charge in [0, 0.05) is 23.7 Å². The molecule has 0 bridgehead atoms. The number of nitrogens with zero attached hydrogens (tertiary/aromatic N) is 2. The highest BCUT2D eigenvalue weighted by atomic mass is 16.5. The van der Waals surface area contributed by atoms with Crippen LogP contribution in [0.3, 0.4) is 0 Å². The van der Waals surface area contributed by atoms with Crippen molar-refractivity contribution >= 4 is 17.0 Å². The summed E-state index contributed by atoms with van der Waals surface area (Å²) >= 11 is 0. The van der Waals surface area contributed by atoms with Gasteiger partial charge in [0.1, 0.15) is 11.6 Å². The minimum Gasteiger partial charge on any atom is -0.494 e. The van der Waals surface area contributed by atoms with Gasteiger partial charge >= 0.3 is 5.97 Å². The SMILES string of the molecule is COC(=O)CCCCCOc1ccc2nc(-c3ccccc3)n(-c3ccc4c(c3)CCC4)c2c1. The van der Waals surface area contributed by atoms with E-state index in [0.717, 1.165) is 59.5 Å². The molecule has 1 aliphatic rings. The van der Waals surface area contributed by atoms with Crippen molar-refractivity contribution in [1.29, 1.82) is 0 Å². The second kappa shape index (κ2) is 10.1. The molecule has 0 fully saturated rings. The Morgan fingerprint density at radius 2 is 1.79 bits per heavy atom. The summed E-state index contributed by atoms with van der Waals surface area (Å²) in [5, 5.41) is 0. The zero-order valence-electron chi connectivity index (χ0n) is 19.6. The average Bonchev–Trinajstić information content (AvgIpc) is 3.50. The van der Waals surface area contributed by atoms with Crippen molar-refractivity contribution in [3.05, 3.63) is 77.9 Å². The van der Waals surface area contributed by atoms with Gasteiger partial charge < -0.3 is 9.47 Å². The number of aromatic nitrogens is 2. The van der Waals surface area contributed by atoms with Gasteiger partial charge in [-0.3, -0.25) is 9.36 Å². The monoisotopic (exact) mass is 454 g/mol. The smallest absolute Gasteiger partial charge is 0.305 e. The van der Waals surface area contributed by atoms with E-state index < -0.39 is 0 Å². The fraction of sp³-hybridized carbons (Fsp3) is 0.310. The second-order valence-electron chi connectivity index (χ2n) is 8.83. The predicted octanol–water partition coefficient (Wildman–Crippen LogP) is 6.29. The molecule has 1 heterocycles. The number of carbonyl (C=O) groups is 1. The Hall–Kier alpha value is -3.60. The molecular weight excluding hydrogens is 424 g/mol. The number of hydrogen-bond donors (Lipinski definition) is 0. The molecule has 0 spiro atoms. The molecule has 0 aliphatic heterocycles. The Balaban J connectivity index is 1.43. The molecule has 0 unspecified atom stereocenters. The summed E-state index contributed by atoms with van der Waals surface area (Å²) in [6.07, 6.45) is 6.65. The van der Waals surface area contributed by atoms with Crippen LogP contribution in [0.1, 0.15) is 43.2 Å². The largest absolute Gasteiger partial charge is 0.494 e. The van der Waals surface area contributed by atoms with Crippen molar-refractivity contribution in [1.82, 2.24) is 9.55 Å². The Morgan fingerprint density at radius 3 is 2.65 bits per heavy atom. The average molecular weight is 455 g/mol. The third kappa shape index (κ3) is 4.69. The highest BCUT2D eigenvalue weighted by Gasteiger charge is 2.18. The van der Waals surface area contributed by atoms with Gasteiger partial charge in [0.25, 0.3) is 0 Å². The molecule has 4 aromatic rings. The molecule has 3 aromatic carbocycles. The van der Waals surface area contributed by atoms with E-state index in [4.69, 9.17) is 14.5 Å². The molecule has 174 valence electrons. The molecule has 0 saturated heterocycles.